The van der Waals surface area contributed by atoms with Gasteiger partial charge >= 0.3 is 0 Å². The molecule has 1 aliphatic carbocycles. The Kier molecular flexibility index (Phi) is 3.36. The fraction of sp³-hybridized carbons (Fsp3) is 0.312. The first-order valence-corrected chi connectivity index (χ1v) is 7.67. The van der Waals surface area contributed by atoms with E-state index in [1.165, 1.54) is 10.4 Å². The summed E-state index contributed by atoms with van der Waals surface area (Å²) in [4.78, 5) is 13.3. The quantitative estimate of drug-likeness (QED) is 0.907. The van der Waals surface area contributed by atoms with E-state index >= 15 is 0 Å². The Labute approximate surface area is 122 Å². The second-order valence-electron chi connectivity index (χ2n) is 5.36. The summed E-state index contributed by atoms with van der Waals surface area (Å²) in [6, 6.07) is 10.4. The fourth-order valence-electron chi connectivity index (χ4n) is 2.94. The van der Waals surface area contributed by atoms with Crippen LogP contribution in [0.15, 0.2) is 35.7 Å². The molecule has 1 aromatic heterocycles. The molecule has 104 valence electrons. The minimum absolute atomic E-state index is 0.279. The Morgan fingerprint density at radius 2 is 2.30 bits per heavy atom. The van der Waals surface area contributed by atoms with Gasteiger partial charge in [0.25, 0.3) is 0 Å². The van der Waals surface area contributed by atoms with Crippen LogP contribution in [-0.2, 0) is 23.3 Å². The molecule has 1 aromatic carbocycles. The molecule has 0 spiro atoms. The first-order valence-electron chi connectivity index (χ1n) is 6.79. The third-order valence-corrected chi connectivity index (χ3v) is 4.94. The van der Waals surface area contributed by atoms with E-state index in [1.807, 2.05) is 18.4 Å². The van der Waals surface area contributed by atoms with Crippen LogP contribution >= 0.6 is 11.3 Å². The minimum Gasteiger partial charge on any atom is -0.368 e. The van der Waals surface area contributed by atoms with Gasteiger partial charge in [0.1, 0.15) is 5.54 Å². The summed E-state index contributed by atoms with van der Waals surface area (Å²) in [5.74, 6) is -0.279. The standard InChI is InChI=1S/C16H18N2OS/c1-11-4-5-12-6-7-16(15(17)19,14(12)9-11)18-10-13-3-2-8-20-13/h2-5,8-9,18H,6-7,10H2,1H3,(H2,17,19). The highest BCUT2D eigenvalue weighted by Gasteiger charge is 2.43. The lowest BCUT2D eigenvalue weighted by molar-refractivity contribution is -0.124. The number of benzene rings is 1. The second kappa shape index (κ2) is 5.04. The van der Waals surface area contributed by atoms with Crippen molar-refractivity contribution in [3.8, 4) is 0 Å². The van der Waals surface area contributed by atoms with E-state index in [0.717, 1.165) is 24.0 Å². The summed E-state index contributed by atoms with van der Waals surface area (Å²) in [6.45, 7) is 2.72. The maximum atomic E-state index is 12.1. The Bertz CT molecular complexity index is 636. The fourth-order valence-corrected chi connectivity index (χ4v) is 3.58. The van der Waals surface area contributed by atoms with Crippen molar-refractivity contribution in [3.63, 3.8) is 0 Å². The van der Waals surface area contributed by atoms with Gasteiger partial charge in [-0.15, -0.1) is 11.3 Å². The summed E-state index contributed by atoms with van der Waals surface area (Å²) < 4.78 is 0. The molecule has 3 rings (SSSR count). The van der Waals surface area contributed by atoms with Gasteiger partial charge in [-0.2, -0.15) is 0 Å². The van der Waals surface area contributed by atoms with E-state index in [1.54, 1.807) is 11.3 Å². The van der Waals surface area contributed by atoms with E-state index in [2.05, 4.69) is 29.6 Å². The smallest absolute Gasteiger partial charge is 0.242 e. The van der Waals surface area contributed by atoms with E-state index in [-0.39, 0.29) is 5.91 Å². The van der Waals surface area contributed by atoms with Crippen LogP contribution in [0.3, 0.4) is 0 Å². The van der Waals surface area contributed by atoms with Gasteiger partial charge in [-0.25, -0.2) is 0 Å². The first-order chi connectivity index (χ1) is 9.62. The van der Waals surface area contributed by atoms with E-state index in [0.29, 0.717) is 6.54 Å². The topological polar surface area (TPSA) is 55.1 Å². The number of carbonyl (C=O) groups is 1. The molecule has 0 fully saturated rings. The highest BCUT2D eigenvalue weighted by atomic mass is 32.1. The van der Waals surface area contributed by atoms with Crippen LogP contribution in [0.25, 0.3) is 0 Å². The van der Waals surface area contributed by atoms with Crippen LogP contribution in [0.1, 0.15) is 28.0 Å². The molecular formula is C16H18N2OS. The van der Waals surface area contributed by atoms with Gasteiger partial charge in [-0.3, -0.25) is 10.1 Å². The number of nitrogens with one attached hydrogen (secondary N) is 1. The Morgan fingerprint density at radius 1 is 1.45 bits per heavy atom. The van der Waals surface area contributed by atoms with Crippen LogP contribution in [0.4, 0.5) is 0 Å². The Hall–Kier alpha value is -1.65. The van der Waals surface area contributed by atoms with Crippen molar-refractivity contribution in [3.05, 3.63) is 57.3 Å². The summed E-state index contributed by atoms with van der Waals surface area (Å²) >= 11 is 1.69. The Morgan fingerprint density at radius 3 is 3.00 bits per heavy atom. The molecule has 1 atom stereocenters. The maximum absolute atomic E-state index is 12.1. The van der Waals surface area contributed by atoms with Gasteiger partial charge in [0.2, 0.25) is 5.91 Å². The number of primary amides is 1. The van der Waals surface area contributed by atoms with Gasteiger partial charge < -0.3 is 5.73 Å². The van der Waals surface area contributed by atoms with Crippen molar-refractivity contribution in [2.24, 2.45) is 5.73 Å². The van der Waals surface area contributed by atoms with Crippen molar-refractivity contribution in [2.45, 2.75) is 31.8 Å². The van der Waals surface area contributed by atoms with Crippen molar-refractivity contribution < 1.29 is 4.79 Å². The highest BCUT2D eigenvalue weighted by molar-refractivity contribution is 7.09. The monoisotopic (exact) mass is 286 g/mol. The molecule has 3 N–H and O–H groups in total. The van der Waals surface area contributed by atoms with Crippen molar-refractivity contribution in [1.82, 2.24) is 5.32 Å². The van der Waals surface area contributed by atoms with Gasteiger partial charge in [0.05, 0.1) is 0 Å². The number of carbonyl (C=O) groups excluding carboxylic acids is 1. The van der Waals surface area contributed by atoms with E-state index < -0.39 is 5.54 Å². The average Bonchev–Trinajstić information content (AvgIpc) is 3.04. The molecule has 1 aliphatic rings. The SMILES string of the molecule is Cc1ccc2c(c1)C(NCc1cccs1)(C(N)=O)CC2. The van der Waals surface area contributed by atoms with Gasteiger partial charge in [0.15, 0.2) is 0 Å². The molecule has 1 amide bonds. The number of rotatable bonds is 4. The zero-order valence-corrected chi connectivity index (χ0v) is 12.3. The molecule has 0 radical (unpaired) electrons. The van der Waals surface area contributed by atoms with Crippen LogP contribution in [0, 0.1) is 6.92 Å². The molecular weight excluding hydrogens is 268 g/mol. The van der Waals surface area contributed by atoms with Gasteiger partial charge in [-0.05, 0) is 42.3 Å². The molecule has 1 heterocycles. The lowest BCUT2D eigenvalue weighted by Crippen LogP contribution is -2.50. The molecule has 0 saturated carbocycles. The first kappa shape index (κ1) is 13.3. The van der Waals surface area contributed by atoms with Gasteiger partial charge in [0, 0.05) is 11.4 Å². The summed E-state index contributed by atoms with van der Waals surface area (Å²) in [5.41, 5.74) is 8.47. The van der Waals surface area contributed by atoms with Crippen LogP contribution in [0.5, 0.6) is 0 Å². The van der Waals surface area contributed by atoms with Crippen LogP contribution in [0.2, 0.25) is 0 Å². The predicted octanol–water partition coefficient (Wildman–Crippen LogP) is 2.47. The normalized spacial score (nSPS) is 20.9. The third-order valence-electron chi connectivity index (χ3n) is 4.06. The molecule has 4 heteroatoms. The number of thiophene rings is 1. The molecule has 0 bridgehead atoms. The number of hydrogen-bond acceptors (Lipinski definition) is 3. The second-order valence-corrected chi connectivity index (χ2v) is 6.40. The predicted molar refractivity (Wildman–Crippen MR) is 81.5 cm³/mol. The summed E-state index contributed by atoms with van der Waals surface area (Å²) in [6.07, 6.45) is 1.64. The number of fused-ring (bicyclic) bond motifs is 1. The molecule has 2 aromatic rings. The zero-order chi connectivity index (χ0) is 14.2. The highest BCUT2D eigenvalue weighted by Crippen LogP contribution is 2.37. The van der Waals surface area contributed by atoms with E-state index in [4.69, 9.17) is 5.73 Å². The zero-order valence-electron chi connectivity index (χ0n) is 11.5. The maximum Gasteiger partial charge on any atom is 0.242 e. The van der Waals surface area contributed by atoms with E-state index in [9.17, 15) is 4.79 Å². The molecule has 3 nitrogen and oxygen atoms in total. The number of amides is 1. The largest absolute Gasteiger partial charge is 0.368 e. The van der Waals surface area contributed by atoms with Crippen molar-refractivity contribution in [1.29, 1.82) is 0 Å². The third kappa shape index (κ3) is 2.15. The number of aryl methyl sites for hydroxylation is 2. The van der Waals surface area contributed by atoms with Gasteiger partial charge in [-0.1, -0.05) is 29.8 Å². The molecule has 20 heavy (non-hydrogen) atoms. The minimum atomic E-state index is -0.717. The van der Waals surface area contributed by atoms with Crippen LogP contribution < -0.4 is 11.1 Å². The lowest BCUT2D eigenvalue weighted by atomic mass is 9.90. The van der Waals surface area contributed by atoms with Crippen molar-refractivity contribution >= 4 is 17.2 Å². The number of nitrogens with two attached hydrogens (primary N) is 1. The summed E-state index contributed by atoms with van der Waals surface area (Å²) in [5, 5.41) is 5.46. The van der Waals surface area contributed by atoms with Crippen LogP contribution in [-0.4, -0.2) is 5.91 Å². The average molecular weight is 286 g/mol. The molecule has 1 unspecified atom stereocenters. The molecule has 0 saturated heterocycles. The van der Waals surface area contributed by atoms with Crippen molar-refractivity contribution in [2.75, 3.05) is 0 Å². The number of hydrogen-bond donors (Lipinski definition) is 2. The summed E-state index contributed by atoms with van der Waals surface area (Å²) in [7, 11) is 0. The lowest BCUT2D eigenvalue weighted by Gasteiger charge is -2.28. The molecule has 0 aliphatic heterocycles. The Balaban J connectivity index is 1.94.